The average Bonchev–Trinajstić information content (AvgIpc) is 3.32. The molecule has 0 aliphatic heterocycles. The van der Waals surface area contributed by atoms with Crippen molar-refractivity contribution in [1.29, 1.82) is 10.5 Å². The number of aryl methyl sites for hydroxylation is 1. The third kappa shape index (κ3) is 7.23. The van der Waals surface area contributed by atoms with Crippen molar-refractivity contribution in [2.45, 2.75) is 11.1 Å². The molecule has 12 nitrogen and oxygen atoms in total. The lowest BCUT2D eigenvalue weighted by Gasteiger charge is -2.20. The lowest BCUT2D eigenvalue weighted by Crippen LogP contribution is -2.27. The van der Waals surface area contributed by atoms with Crippen molar-refractivity contribution < 1.29 is 39.9 Å². The molecule has 0 amide bonds. The van der Waals surface area contributed by atoms with Crippen molar-refractivity contribution in [3.8, 4) is 29.4 Å². The van der Waals surface area contributed by atoms with E-state index < -0.39 is 52.9 Å². The van der Waals surface area contributed by atoms with Crippen molar-refractivity contribution in [2.75, 3.05) is 19.4 Å². The van der Waals surface area contributed by atoms with Crippen LogP contribution in [-0.2, 0) is 14.6 Å². The summed E-state index contributed by atoms with van der Waals surface area (Å²) in [7, 11) is -9.19. The smallest absolute Gasteiger partial charge is 0.445 e. The van der Waals surface area contributed by atoms with Gasteiger partial charge in [0.2, 0.25) is 0 Å². The van der Waals surface area contributed by atoms with Gasteiger partial charge in [-0.05, 0) is 48.4 Å². The molecular formula is C26H18F3N6O6PS2. The van der Waals surface area contributed by atoms with Crippen LogP contribution in [0.3, 0.4) is 0 Å². The van der Waals surface area contributed by atoms with Crippen LogP contribution in [0.1, 0.15) is 16.7 Å². The van der Waals surface area contributed by atoms with Crippen LogP contribution in [0.2, 0.25) is 0 Å². The molecular weight excluding hydrogens is 644 g/mol. The minimum absolute atomic E-state index is 0.0120. The summed E-state index contributed by atoms with van der Waals surface area (Å²) in [6, 6.07) is 11.4. The number of nitrogens with zero attached hydrogens (tertiary/aromatic N) is 5. The van der Waals surface area contributed by atoms with Gasteiger partial charge >= 0.3 is 7.60 Å². The Kier molecular flexibility index (Phi) is 9.69. The number of thiophene rings is 1. The Hall–Kier alpha value is -4.76. The number of rotatable bonds is 12. The molecule has 1 N–H and O–H groups in total. The summed E-state index contributed by atoms with van der Waals surface area (Å²) in [6.45, 7) is 1.35. The quantitative estimate of drug-likeness (QED) is 0.0574. The molecule has 1 aromatic heterocycles. The van der Waals surface area contributed by atoms with Gasteiger partial charge in [0.25, 0.3) is 10.0 Å². The number of ether oxygens (including phenoxy) is 1. The van der Waals surface area contributed by atoms with Gasteiger partial charge in [-0.3, -0.25) is 0 Å². The maximum absolute atomic E-state index is 14.9. The lowest BCUT2D eigenvalue weighted by molar-refractivity contribution is 0.327. The number of sulfonamides is 1. The maximum atomic E-state index is 14.9. The van der Waals surface area contributed by atoms with Gasteiger partial charge in [0.1, 0.15) is 57.3 Å². The zero-order valence-corrected chi connectivity index (χ0v) is 24.9. The standard InChI is InChI=1S/C26H18F3N6O6PS2/c1-15-21-8-20(39-7-6-33-35-32)11-24(29)25(21)43-26(15)44(37,38)34-14-42(36,40-18-4-2-16(12-30)22(27)9-18)41-19-5-3-17(13-31)23(28)10-19/h2-5,8-11,34H,6-7,14H2,1H3. The van der Waals surface area contributed by atoms with E-state index in [2.05, 4.69) is 14.7 Å². The molecule has 0 unspecified atom stereocenters. The summed E-state index contributed by atoms with van der Waals surface area (Å²) in [4.78, 5) is 2.59. The summed E-state index contributed by atoms with van der Waals surface area (Å²) >= 11 is 0.589. The number of nitriles is 2. The van der Waals surface area contributed by atoms with E-state index in [1.807, 2.05) is 0 Å². The van der Waals surface area contributed by atoms with E-state index in [4.69, 9.17) is 29.8 Å². The highest BCUT2D eigenvalue weighted by atomic mass is 32.2. The van der Waals surface area contributed by atoms with Crippen molar-refractivity contribution >= 4 is 39.0 Å². The van der Waals surface area contributed by atoms with Gasteiger partial charge in [0.05, 0.1) is 29.0 Å². The highest BCUT2D eigenvalue weighted by Crippen LogP contribution is 2.48. The molecule has 0 radical (unpaired) electrons. The van der Waals surface area contributed by atoms with Gasteiger partial charge in [-0.1, -0.05) is 5.11 Å². The summed E-state index contributed by atoms with van der Waals surface area (Å²) in [5.74, 6) is -3.55. The first kappa shape index (κ1) is 32.2. The van der Waals surface area contributed by atoms with Gasteiger partial charge in [0.15, 0.2) is 0 Å². The van der Waals surface area contributed by atoms with E-state index in [9.17, 15) is 26.2 Å². The molecule has 0 spiro atoms. The molecule has 0 saturated heterocycles. The third-order valence-electron chi connectivity index (χ3n) is 5.75. The van der Waals surface area contributed by atoms with Crippen LogP contribution in [0.25, 0.3) is 20.5 Å². The fourth-order valence-electron chi connectivity index (χ4n) is 3.74. The normalized spacial score (nSPS) is 11.3. The highest BCUT2D eigenvalue weighted by molar-refractivity contribution is 7.92. The maximum Gasteiger partial charge on any atom is 0.445 e. The van der Waals surface area contributed by atoms with E-state index in [0.29, 0.717) is 11.3 Å². The lowest BCUT2D eigenvalue weighted by atomic mass is 10.2. The van der Waals surface area contributed by atoms with E-state index >= 15 is 0 Å². The summed E-state index contributed by atoms with van der Waals surface area (Å²) < 4.78 is 102. The van der Waals surface area contributed by atoms with Gasteiger partial charge in [-0.25, -0.2) is 26.2 Å². The molecule has 4 aromatic rings. The Morgan fingerprint density at radius 1 is 0.977 bits per heavy atom. The predicted molar refractivity (Wildman–Crippen MR) is 152 cm³/mol. The first-order chi connectivity index (χ1) is 20.9. The number of hydrogen-bond donors (Lipinski definition) is 1. The molecule has 18 heteroatoms. The third-order valence-corrected chi connectivity index (χ3v) is 10.8. The van der Waals surface area contributed by atoms with Crippen LogP contribution in [-0.4, -0.2) is 27.9 Å². The van der Waals surface area contributed by atoms with Crippen molar-refractivity contribution in [1.82, 2.24) is 4.72 Å². The molecule has 1 heterocycles. The zero-order chi connectivity index (χ0) is 32.1. The highest BCUT2D eigenvalue weighted by Gasteiger charge is 2.33. The van der Waals surface area contributed by atoms with E-state index in [0.717, 1.165) is 42.5 Å². The molecule has 44 heavy (non-hydrogen) atoms. The molecule has 0 aliphatic carbocycles. The minimum atomic E-state index is -4.67. The number of fused-ring (bicyclic) bond motifs is 1. The van der Waals surface area contributed by atoms with Gasteiger partial charge in [-0.15, -0.1) is 11.3 Å². The van der Waals surface area contributed by atoms with E-state index in [-0.39, 0.29) is 49.9 Å². The predicted octanol–water partition coefficient (Wildman–Crippen LogP) is 6.65. The monoisotopic (exact) mass is 662 g/mol. The van der Waals surface area contributed by atoms with Crippen LogP contribution in [0.5, 0.6) is 17.2 Å². The second kappa shape index (κ2) is 13.3. The molecule has 0 fully saturated rings. The second-order valence-corrected chi connectivity index (χ2v) is 13.6. The fourth-order valence-corrected chi connectivity index (χ4v) is 8.52. The summed E-state index contributed by atoms with van der Waals surface area (Å²) in [5, 5.41) is 21.5. The molecule has 0 atom stereocenters. The molecule has 4 rings (SSSR count). The fraction of sp³-hybridized carbons (Fsp3) is 0.154. The van der Waals surface area contributed by atoms with Crippen LogP contribution in [0.15, 0.2) is 57.9 Å². The van der Waals surface area contributed by atoms with Crippen LogP contribution < -0.4 is 18.5 Å². The van der Waals surface area contributed by atoms with Crippen LogP contribution in [0, 0.1) is 47.0 Å². The van der Waals surface area contributed by atoms with Crippen molar-refractivity contribution in [2.24, 2.45) is 5.11 Å². The molecule has 3 aromatic carbocycles. The number of azide groups is 1. The first-order valence-corrected chi connectivity index (χ1v) is 16.2. The number of benzene rings is 3. The second-order valence-electron chi connectivity index (χ2n) is 8.71. The summed E-state index contributed by atoms with van der Waals surface area (Å²) in [5.41, 5.74) is 7.80. The van der Waals surface area contributed by atoms with E-state index in [1.165, 1.54) is 13.0 Å². The average molecular weight is 663 g/mol. The van der Waals surface area contributed by atoms with Gasteiger partial charge in [-0.2, -0.15) is 15.2 Å². The van der Waals surface area contributed by atoms with Crippen LogP contribution in [0.4, 0.5) is 13.2 Å². The number of hydrogen-bond acceptors (Lipinski definition) is 10. The number of halogens is 3. The zero-order valence-electron chi connectivity index (χ0n) is 22.3. The first-order valence-electron chi connectivity index (χ1n) is 12.1. The Bertz CT molecular complexity index is 1990. The molecule has 226 valence electrons. The van der Waals surface area contributed by atoms with Crippen molar-refractivity contribution in [3.63, 3.8) is 0 Å². The summed E-state index contributed by atoms with van der Waals surface area (Å²) in [6.07, 6.45) is -1.05. The SMILES string of the molecule is Cc1c(S(=O)(=O)NCP(=O)(Oc2ccc(C#N)c(F)c2)Oc2ccc(C#N)c(F)c2)sc2c(F)cc(OCCN=[N+]=[N-])cc12. The largest absolute Gasteiger partial charge is 0.493 e. The molecule has 0 saturated carbocycles. The van der Waals surface area contributed by atoms with Crippen molar-refractivity contribution in [3.05, 3.63) is 93.1 Å². The number of nitrogens with one attached hydrogen (secondary N) is 1. The molecule has 0 bridgehead atoms. The topological polar surface area (TPSA) is 187 Å². The van der Waals surface area contributed by atoms with Gasteiger partial charge < -0.3 is 13.8 Å². The Morgan fingerprint density at radius 3 is 2.07 bits per heavy atom. The minimum Gasteiger partial charge on any atom is -0.493 e. The Labute approximate surface area is 252 Å². The van der Waals surface area contributed by atoms with Gasteiger partial charge in [0, 0.05) is 28.5 Å². The van der Waals surface area contributed by atoms with E-state index in [1.54, 1.807) is 12.1 Å². The van der Waals surface area contributed by atoms with Crippen LogP contribution >= 0.6 is 18.9 Å². The Morgan fingerprint density at radius 2 is 1.55 bits per heavy atom. The Balaban J connectivity index is 1.65. The molecule has 0 aliphatic rings.